The van der Waals surface area contributed by atoms with E-state index in [1.54, 1.807) is 0 Å². The van der Waals surface area contributed by atoms with Crippen molar-refractivity contribution >= 4 is 5.97 Å². The summed E-state index contributed by atoms with van der Waals surface area (Å²) in [4.78, 5) is 11.8. The van der Waals surface area contributed by atoms with Crippen molar-refractivity contribution in [2.75, 3.05) is 6.61 Å². The van der Waals surface area contributed by atoms with Gasteiger partial charge in [0.25, 0.3) is 0 Å². The third-order valence-electron chi connectivity index (χ3n) is 3.92. The molecule has 0 aliphatic heterocycles. The zero-order chi connectivity index (χ0) is 10.2. The normalized spacial score (nSPS) is 41.0. The molecule has 1 N–H and O–H groups in total. The summed E-state index contributed by atoms with van der Waals surface area (Å²) in [6.07, 6.45) is 4.73. The van der Waals surface area contributed by atoms with Crippen molar-refractivity contribution in [1.29, 1.82) is 0 Å². The Bertz CT molecular complexity index is 222. The number of hydrogen-bond acceptors (Lipinski definition) is 3. The highest BCUT2D eigenvalue weighted by atomic mass is 16.5. The minimum absolute atomic E-state index is 0.0400. The quantitative estimate of drug-likeness (QED) is 0.686. The van der Waals surface area contributed by atoms with Gasteiger partial charge in [0.05, 0.1) is 17.6 Å². The summed E-state index contributed by atoms with van der Waals surface area (Å²) in [5, 5.41) is 9.99. The Hall–Kier alpha value is -0.570. The molecule has 0 atom stereocenters. The molecule has 3 aliphatic rings. The number of carbonyl (C=O) groups excluding carboxylic acids is 1. The van der Waals surface area contributed by atoms with Crippen molar-refractivity contribution in [3.05, 3.63) is 0 Å². The fourth-order valence-electron chi connectivity index (χ4n) is 2.76. The topological polar surface area (TPSA) is 46.5 Å². The van der Waals surface area contributed by atoms with E-state index in [2.05, 4.69) is 0 Å². The van der Waals surface area contributed by atoms with E-state index in [1.807, 2.05) is 6.92 Å². The zero-order valence-corrected chi connectivity index (χ0v) is 8.71. The lowest BCUT2D eigenvalue weighted by Gasteiger charge is -2.49. The van der Waals surface area contributed by atoms with Gasteiger partial charge in [-0.1, -0.05) is 0 Å². The van der Waals surface area contributed by atoms with Crippen LogP contribution in [0, 0.1) is 5.41 Å². The van der Waals surface area contributed by atoms with Gasteiger partial charge in [-0.3, -0.25) is 4.79 Å². The second kappa shape index (κ2) is 3.23. The first-order valence-corrected chi connectivity index (χ1v) is 5.50. The van der Waals surface area contributed by atoms with Crippen molar-refractivity contribution in [1.82, 2.24) is 0 Å². The molecule has 0 aromatic carbocycles. The lowest BCUT2D eigenvalue weighted by molar-refractivity contribution is -0.171. The van der Waals surface area contributed by atoms with Gasteiger partial charge in [-0.15, -0.1) is 0 Å². The molecule has 0 aromatic heterocycles. The van der Waals surface area contributed by atoms with Gasteiger partial charge in [-0.25, -0.2) is 0 Å². The van der Waals surface area contributed by atoms with Gasteiger partial charge in [0, 0.05) is 0 Å². The lowest BCUT2D eigenvalue weighted by Crippen LogP contribution is -2.49. The molecule has 0 aromatic rings. The lowest BCUT2D eigenvalue weighted by atomic mass is 9.59. The molecular weight excluding hydrogens is 180 g/mol. The molecular formula is C11H18O3. The molecule has 3 fully saturated rings. The Morgan fingerprint density at radius 3 is 2.14 bits per heavy atom. The second-order valence-electron chi connectivity index (χ2n) is 4.73. The van der Waals surface area contributed by atoms with Crippen molar-refractivity contribution < 1.29 is 14.6 Å². The molecule has 0 spiro atoms. The predicted molar refractivity (Wildman–Crippen MR) is 51.7 cm³/mol. The van der Waals surface area contributed by atoms with Crippen LogP contribution in [0.15, 0.2) is 0 Å². The van der Waals surface area contributed by atoms with Gasteiger partial charge < -0.3 is 9.84 Å². The molecule has 80 valence electrons. The molecule has 2 bridgehead atoms. The number of fused-ring (bicyclic) bond motifs is 3. The van der Waals surface area contributed by atoms with E-state index in [4.69, 9.17) is 4.74 Å². The van der Waals surface area contributed by atoms with Gasteiger partial charge in [0.2, 0.25) is 0 Å². The molecule has 14 heavy (non-hydrogen) atoms. The highest BCUT2D eigenvalue weighted by molar-refractivity contribution is 5.77. The van der Waals surface area contributed by atoms with Crippen LogP contribution in [0.4, 0.5) is 0 Å². The summed E-state index contributed by atoms with van der Waals surface area (Å²) in [5.74, 6) is -0.0400. The number of rotatable bonds is 2. The van der Waals surface area contributed by atoms with Gasteiger partial charge in [0.15, 0.2) is 0 Å². The first-order valence-electron chi connectivity index (χ1n) is 5.50. The molecule has 3 rings (SSSR count). The van der Waals surface area contributed by atoms with Crippen LogP contribution in [-0.4, -0.2) is 23.3 Å². The Morgan fingerprint density at radius 2 is 1.71 bits per heavy atom. The number of ether oxygens (including phenoxy) is 1. The highest BCUT2D eigenvalue weighted by Gasteiger charge is 2.52. The molecule has 3 aliphatic carbocycles. The fraction of sp³-hybridized carbons (Fsp3) is 0.909. The van der Waals surface area contributed by atoms with Crippen LogP contribution in [0.1, 0.15) is 45.4 Å². The van der Waals surface area contributed by atoms with E-state index in [1.165, 1.54) is 0 Å². The smallest absolute Gasteiger partial charge is 0.312 e. The summed E-state index contributed by atoms with van der Waals surface area (Å²) in [6, 6.07) is 0. The predicted octanol–water partition coefficient (Wildman–Crippen LogP) is 1.63. The van der Waals surface area contributed by atoms with Gasteiger partial charge >= 0.3 is 5.97 Å². The van der Waals surface area contributed by atoms with Gasteiger partial charge in [0.1, 0.15) is 0 Å². The molecule has 0 saturated heterocycles. The molecule has 0 radical (unpaired) electrons. The van der Waals surface area contributed by atoms with E-state index < -0.39 is 5.60 Å². The van der Waals surface area contributed by atoms with Crippen LogP contribution in [0.5, 0.6) is 0 Å². The van der Waals surface area contributed by atoms with Crippen molar-refractivity contribution in [2.24, 2.45) is 5.41 Å². The summed E-state index contributed by atoms with van der Waals surface area (Å²) in [7, 11) is 0. The van der Waals surface area contributed by atoms with Crippen molar-refractivity contribution in [3.8, 4) is 0 Å². The SMILES string of the molecule is CCOC(=O)C12CCC(O)(CC1)CC2. The summed E-state index contributed by atoms with van der Waals surface area (Å²) >= 11 is 0. The van der Waals surface area contributed by atoms with Crippen molar-refractivity contribution in [2.45, 2.75) is 51.0 Å². The van der Waals surface area contributed by atoms with E-state index in [0.717, 1.165) is 38.5 Å². The van der Waals surface area contributed by atoms with Crippen LogP contribution < -0.4 is 0 Å². The Morgan fingerprint density at radius 1 is 1.21 bits per heavy atom. The molecule has 3 nitrogen and oxygen atoms in total. The fourth-order valence-corrected chi connectivity index (χ4v) is 2.76. The molecule has 0 amide bonds. The number of carbonyl (C=O) groups is 1. The molecule has 3 saturated carbocycles. The van der Waals surface area contributed by atoms with Crippen LogP contribution >= 0.6 is 0 Å². The monoisotopic (exact) mass is 198 g/mol. The van der Waals surface area contributed by atoms with E-state index >= 15 is 0 Å². The van der Waals surface area contributed by atoms with Crippen LogP contribution in [0.2, 0.25) is 0 Å². The van der Waals surface area contributed by atoms with E-state index in [0.29, 0.717) is 6.61 Å². The largest absolute Gasteiger partial charge is 0.466 e. The zero-order valence-electron chi connectivity index (χ0n) is 8.71. The number of hydrogen-bond donors (Lipinski definition) is 1. The standard InChI is InChI=1S/C11H18O3/c1-2-14-9(12)10-3-6-11(13,7-4-10)8-5-10/h13H,2-8H2,1H3. The average molecular weight is 198 g/mol. The van der Waals surface area contributed by atoms with Gasteiger partial charge in [-0.2, -0.15) is 0 Å². The Kier molecular flexibility index (Phi) is 2.30. The Balaban J connectivity index is 2.08. The highest BCUT2D eigenvalue weighted by Crippen LogP contribution is 2.52. The van der Waals surface area contributed by atoms with Crippen LogP contribution in [-0.2, 0) is 9.53 Å². The summed E-state index contributed by atoms with van der Waals surface area (Å²) in [5.41, 5.74) is -0.714. The van der Waals surface area contributed by atoms with Crippen LogP contribution in [0.25, 0.3) is 0 Å². The minimum atomic E-state index is -0.464. The summed E-state index contributed by atoms with van der Waals surface area (Å²) < 4.78 is 5.11. The maximum Gasteiger partial charge on any atom is 0.312 e. The second-order valence-corrected chi connectivity index (χ2v) is 4.73. The van der Waals surface area contributed by atoms with Gasteiger partial charge in [-0.05, 0) is 45.4 Å². The number of esters is 1. The average Bonchev–Trinajstić information content (AvgIpc) is 2.20. The molecule has 0 heterocycles. The maximum absolute atomic E-state index is 11.8. The molecule has 0 unspecified atom stereocenters. The Labute approximate surface area is 84.4 Å². The van der Waals surface area contributed by atoms with Crippen LogP contribution in [0.3, 0.4) is 0 Å². The first kappa shape index (κ1) is 9.97. The van der Waals surface area contributed by atoms with E-state index in [-0.39, 0.29) is 11.4 Å². The maximum atomic E-state index is 11.8. The van der Waals surface area contributed by atoms with Crippen molar-refractivity contribution in [3.63, 3.8) is 0 Å². The first-order chi connectivity index (χ1) is 6.60. The third-order valence-corrected chi connectivity index (χ3v) is 3.92. The molecule has 3 heteroatoms. The van der Waals surface area contributed by atoms with E-state index in [9.17, 15) is 9.90 Å². The number of aliphatic hydroxyl groups is 1. The minimum Gasteiger partial charge on any atom is -0.466 e. The third kappa shape index (κ3) is 1.44. The summed E-state index contributed by atoms with van der Waals surface area (Å²) in [6.45, 7) is 2.31.